The van der Waals surface area contributed by atoms with Gasteiger partial charge in [-0.25, -0.2) is 0 Å². The monoisotopic (exact) mass is 326 g/mol. The van der Waals surface area contributed by atoms with Gasteiger partial charge in [0.25, 0.3) is 0 Å². The van der Waals surface area contributed by atoms with Gasteiger partial charge in [-0.15, -0.1) is 0 Å². The molecule has 0 saturated carbocycles. The van der Waals surface area contributed by atoms with Crippen molar-refractivity contribution in [3.8, 4) is 0 Å². The van der Waals surface area contributed by atoms with Crippen LogP contribution in [0.2, 0.25) is 0 Å². The van der Waals surface area contributed by atoms with E-state index in [1.54, 1.807) is 0 Å². The summed E-state index contributed by atoms with van der Waals surface area (Å²) in [7, 11) is 0. The van der Waals surface area contributed by atoms with E-state index in [2.05, 4.69) is 13.8 Å². The molecule has 0 radical (unpaired) electrons. The summed E-state index contributed by atoms with van der Waals surface area (Å²) in [5.74, 6) is 1.03. The maximum absolute atomic E-state index is 12.3. The quantitative estimate of drug-likeness (QED) is 0.576. The molecule has 4 heteroatoms. The third-order valence-corrected chi connectivity index (χ3v) is 5.07. The van der Waals surface area contributed by atoms with Crippen LogP contribution in [-0.4, -0.2) is 23.7 Å². The highest BCUT2D eigenvalue weighted by atomic mass is 16.1. The lowest BCUT2D eigenvalue weighted by atomic mass is 9.85. The maximum atomic E-state index is 12.3. The lowest BCUT2D eigenvalue weighted by Crippen LogP contribution is -2.39. The molecule has 0 heterocycles. The molecule has 136 valence electrons. The van der Waals surface area contributed by atoms with Crippen molar-refractivity contribution in [1.29, 1.82) is 0 Å². The Morgan fingerprint density at radius 3 is 1.83 bits per heavy atom. The zero-order valence-electron chi connectivity index (χ0n) is 16.0. The Kier molecular flexibility index (Phi) is 10.6. The van der Waals surface area contributed by atoms with Crippen LogP contribution >= 0.6 is 0 Å². The summed E-state index contributed by atoms with van der Waals surface area (Å²) in [6.45, 7) is 12.0. The summed E-state index contributed by atoms with van der Waals surface area (Å²) in [4.78, 5) is 24.1. The average molecular weight is 327 g/mol. The lowest BCUT2D eigenvalue weighted by Gasteiger charge is -2.22. The number of Topliss-reactive ketones (excluding diaryl/α,β-unsaturated/α-hetero) is 2. The van der Waals surface area contributed by atoms with E-state index in [9.17, 15) is 9.59 Å². The first kappa shape index (κ1) is 22.3. The van der Waals surface area contributed by atoms with Crippen molar-refractivity contribution in [1.82, 2.24) is 0 Å². The highest BCUT2D eigenvalue weighted by molar-refractivity contribution is 5.86. The number of hydrogen-bond donors (Lipinski definition) is 2. The third kappa shape index (κ3) is 8.07. The molecule has 5 atom stereocenters. The molecule has 4 N–H and O–H groups in total. The predicted octanol–water partition coefficient (Wildman–Crippen LogP) is 3.31. The van der Waals surface area contributed by atoms with Crippen molar-refractivity contribution >= 4 is 11.6 Å². The van der Waals surface area contributed by atoms with Gasteiger partial charge in [-0.3, -0.25) is 9.59 Å². The van der Waals surface area contributed by atoms with E-state index in [0.717, 1.165) is 32.1 Å². The summed E-state index contributed by atoms with van der Waals surface area (Å²) < 4.78 is 0. The van der Waals surface area contributed by atoms with Gasteiger partial charge in [0, 0.05) is 11.8 Å². The van der Waals surface area contributed by atoms with Gasteiger partial charge in [0.05, 0.1) is 12.1 Å². The molecule has 0 bridgehead atoms. The Morgan fingerprint density at radius 1 is 0.826 bits per heavy atom. The minimum atomic E-state index is -0.352. The van der Waals surface area contributed by atoms with Gasteiger partial charge >= 0.3 is 0 Å². The smallest absolute Gasteiger partial charge is 0.152 e. The van der Waals surface area contributed by atoms with Crippen molar-refractivity contribution in [3.63, 3.8) is 0 Å². The highest BCUT2D eigenvalue weighted by Crippen LogP contribution is 2.21. The maximum Gasteiger partial charge on any atom is 0.152 e. The summed E-state index contributed by atoms with van der Waals surface area (Å²) >= 11 is 0. The van der Waals surface area contributed by atoms with Crippen molar-refractivity contribution in [2.45, 2.75) is 85.7 Å². The molecule has 23 heavy (non-hydrogen) atoms. The fourth-order valence-electron chi connectivity index (χ4n) is 2.72. The molecule has 0 aromatic rings. The summed E-state index contributed by atoms with van der Waals surface area (Å²) in [6, 6.07) is -0.697. The molecule has 3 unspecified atom stereocenters. The van der Waals surface area contributed by atoms with E-state index in [4.69, 9.17) is 11.5 Å². The first-order valence-electron chi connectivity index (χ1n) is 9.20. The van der Waals surface area contributed by atoms with E-state index >= 15 is 0 Å². The first-order chi connectivity index (χ1) is 10.6. The zero-order valence-corrected chi connectivity index (χ0v) is 16.0. The summed E-state index contributed by atoms with van der Waals surface area (Å²) in [5, 5.41) is 0. The van der Waals surface area contributed by atoms with Gasteiger partial charge in [-0.05, 0) is 31.1 Å². The second-order valence-corrected chi connectivity index (χ2v) is 7.64. The number of carbonyl (C=O) groups excluding carboxylic acids is 2. The van der Waals surface area contributed by atoms with E-state index in [-0.39, 0.29) is 41.4 Å². The Morgan fingerprint density at radius 2 is 1.35 bits per heavy atom. The molecule has 0 aromatic carbocycles. The van der Waals surface area contributed by atoms with Gasteiger partial charge in [-0.1, -0.05) is 54.4 Å². The van der Waals surface area contributed by atoms with E-state index in [1.165, 1.54) is 0 Å². The summed E-state index contributed by atoms with van der Waals surface area (Å²) in [6.07, 6.45) is 4.42. The molecule has 0 spiro atoms. The summed E-state index contributed by atoms with van der Waals surface area (Å²) in [5.41, 5.74) is 12.0. The second kappa shape index (κ2) is 10.9. The molecule has 4 nitrogen and oxygen atoms in total. The third-order valence-electron chi connectivity index (χ3n) is 5.07. The fourth-order valence-corrected chi connectivity index (χ4v) is 2.72. The Hall–Kier alpha value is -0.740. The van der Waals surface area contributed by atoms with Gasteiger partial charge in [0.2, 0.25) is 0 Å². The van der Waals surface area contributed by atoms with Crippen LogP contribution in [0.4, 0.5) is 0 Å². The van der Waals surface area contributed by atoms with E-state index in [0.29, 0.717) is 5.92 Å². The first-order valence-corrected chi connectivity index (χ1v) is 9.20. The van der Waals surface area contributed by atoms with Crippen molar-refractivity contribution in [2.24, 2.45) is 35.1 Å². The Balaban J connectivity index is 4.16. The van der Waals surface area contributed by atoms with Crippen LogP contribution < -0.4 is 11.5 Å². The standard InChI is InChI=1S/C19H38N2O2/c1-7-14(5)17(21)19(23)15(6)10-8-13(4)9-11-16(20)18(22)12(2)3/h12-17H,7-11,20-21H2,1-6H3/t13?,14?,15?,16-,17-/m1/s1. The fraction of sp³-hybridized carbons (Fsp3) is 0.895. The van der Waals surface area contributed by atoms with Gasteiger partial charge in [0.1, 0.15) is 0 Å². The van der Waals surface area contributed by atoms with E-state index < -0.39 is 0 Å². The zero-order chi connectivity index (χ0) is 18.2. The number of carbonyl (C=O) groups is 2. The molecular formula is C19H38N2O2. The van der Waals surface area contributed by atoms with Crippen LogP contribution in [0.3, 0.4) is 0 Å². The SMILES string of the molecule is CCC(C)[C@@H](N)C(=O)C(C)CCC(C)CC[C@@H](N)C(=O)C(C)C. The number of nitrogens with two attached hydrogens (primary N) is 2. The van der Waals surface area contributed by atoms with Gasteiger partial charge in [-0.2, -0.15) is 0 Å². The molecule has 0 amide bonds. The van der Waals surface area contributed by atoms with Crippen LogP contribution in [0.5, 0.6) is 0 Å². The second-order valence-electron chi connectivity index (χ2n) is 7.64. The van der Waals surface area contributed by atoms with Crippen molar-refractivity contribution < 1.29 is 9.59 Å². The predicted molar refractivity (Wildman–Crippen MR) is 97.1 cm³/mol. The topological polar surface area (TPSA) is 86.2 Å². The van der Waals surface area contributed by atoms with Gasteiger partial charge in [0.15, 0.2) is 11.6 Å². The lowest BCUT2D eigenvalue weighted by molar-refractivity contribution is -0.125. The number of rotatable bonds is 12. The molecule has 0 aliphatic rings. The van der Waals surface area contributed by atoms with Crippen LogP contribution in [0, 0.1) is 23.7 Å². The molecule has 0 aliphatic heterocycles. The Labute approximate surface area is 142 Å². The molecule has 0 aromatic heterocycles. The number of hydrogen-bond acceptors (Lipinski definition) is 4. The van der Waals surface area contributed by atoms with Crippen LogP contribution in [0.15, 0.2) is 0 Å². The van der Waals surface area contributed by atoms with Crippen LogP contribution in [-0.2, 0) is 9.59 Å². The molecular weight excluding hydrogens is 288 g/mol. The average Bonchev–Trinajstić information content (AvgIpc) is 2.54. The molecule has 0 saturated heterocycles. The molecule has 0 fully saturated rings. The van der Waals surface area contributed by atoms with Gasteiger partial charge < -0.3 is 11.5 Å². The number of ketones is 2. The normalized spacial score (nSPS) is 18.3. The molecule has 0 aliphatic carbocycles. The van der Waals surface area contributed by atoms with Crippen LogP contribution in [0.25, 0.3) is 0 Å². The molecule has 0 rings (SSSR count). The highest BCUT2D eigenvalue weighted by Gasteiger charge is 2.25. The van der Waals surface area contributed by atoms with Crippen LogP contribution in [0.1, 0.15) is 73.6 Å². The van der Waals surface area contributed by atoms with Crippen molar-refractivity contribution in [3.05, 3.63) is 0 Å². The minimum Gasteiger partial charge on any atom is -0.321 e. The van der Waals surface area contributed by atoms with E-state index in [1.807, 2.05) is 27.7 Å². The minimum absolute atomic E-state index is 0.00000673. The Bertz CT molecular complexity index is 368. The largest absolute Gasteiger partial charge is 0.321 e. The van der Waals surface area contributed by atoms with Crippen molar-refractivity contribution in [2.75, 3.05) is 0 Å².